The minimum atomic E-state index is -0.955. The Morgan fingerprint density at radius 2 is 2.10 bits per heavy atom. The molecule has 0 unspecified atom stereocenters. The molecule has 1 amide bonds. The number of hydrogen-bond donors (Lipinski definition) is 1. The van der Waals surface area contributed by atoms with Crippen molar-refractivity contribution in [2.75, 3.05) is 13.2 Å². The van der Waals surface area contributed by atoms with Gasteiger partial charge in [0, 0.05) is 18.8 Å². The number of carbonyl (C=O) groups excluding carboxylic acids is 2. The number of hydrogen-bond acceptors (Lipinski definition) is 5. The number of nitriles is 1. The van der Waals surface area contributed by atoms with Crippen LogP contribution in [0.2, 0.25) is 0 Å². The molecule has 0 aliphatic heterocycles. The molecular formula is C14H17N3O4. The first kappa shape index (κ1) is 16.4. The number of aromatic nitrogens is 1. The summed E-state index contributed by atoms with van der Waals surface area (Å²) in [7, 11) is 0. The van der Waals surface area contributed by atoms with Crippen LogP contribution in [0, 0.1) is 25.2 Å². The number of amides is 1. The van der Waals surface area contributed by atoms with Crippen molar-refractivity contribution < 1.29 is 14.3 Å². The molecule has 0 saturated carbocycles. The van der Waals surface area contributed by atoms with Gasteiger partial charge in [-0.2, -0.15) is 5.26 Å². The fourth-order valence-electron chi connectivity index (χ4n) is 1.89. The molecule has 21 heavy (non-hydrogen) atoms. The van der Waals surface area contributed by atoms with Gasteiger partial charge >= 0.3 is 11.9 Å². The summed E-state index contributed by atoms with van der Waals surface area (Å²) < 4.78 is 5.93. The highest BCUT2D eigenvalue weighted by atomic mass is 16.5. The number of ether oxygens (including phenoxy) is 1. The van der Waals surface area contributed by atoms with Crippen molar-refractivity contribution in [2.45, 2.75) is 27.3 Å². The topological polar surface area (TPSA) is 101 Å². The first-order valence-electron chi connectivity index (χ1n) is 6.48. The Hall–Kier alpha value is -2.62. The Morgan fingerprint density at radius 3 is 2.67 bits per heavy atom. The van der Waals surface area contributed by atoms with E-state index >= 15 is 0 Å². The van der Waals surface area contributed by atoms with Crippen molar-refractivity contribution in [1.29, 1.82) is 5.26 Å². The van der Waals surface area contributed by atoms with Crippen LogP contribution in [0.5, 0.6) is 0 Å². The van der Waals surface area contributed by atoms with E-state index in [-0.39, 0.29) is 25.3 Å². The minimum absolute atomic E-state index is 0.0809. The van der Waals surface area contributed by atoms with Gasteiger partial charge < -0.3 is 14.6 Å². The SMILES string of the molecule is CCOC(=O)C(=O)NCCn1c(C)cc(C)c(C#N)c1=O. The van der Waals surface area contributed by atoms with Crippen LogP contribution in [-0.2, 0) is 20.9 Å². The highest BCUT2D eigenvalue weighted by molar-refractivity contribution is 6.32. The minimum Gasteiger partial charge on any atom is -0.459 e. The largest absolute Gasteiger partial charge is 0.459 e. The Labute approximate surface area is 122 Å². The molecule has 0 radical (unpaired) electrons. The van der Waals surface area contributed by atoms with E-state index < -0.39 is 17.4 Å². The van der Waals surface area contributed by atoms with E-state index in [4.69, 9.17) is 5.26 Å². The summed E-state index contributed by atoms with van der Waals surface area (Å²) in [5, 5.41) is 11.3. The third-order valence-electron chi connectivity index (χ3n) is 2.90. The van der Waals surface area contributed by atoms with E-state index in [0.717, 1.165) is 0 Å². The molecule has 1 aromatic rings. The molecule has 0 fully saturated rings. The summed E-state index contributed by atoms with van der Waals surface area (Å²) in [5.74, 6) is -1.81. The molecule has 112 valence electrons. The lowest BCUT2D eigenvalue weighted by Crippen LogP contribution is -2.37. The number of pyridine rings is 1. The lowest BCUT2D eigenvalue weighted by molar-refractivity contribution is -0.154. The lowest BCUT2D eigenvalue weighted by atomic mass is 10.1. The standard InChI is InChI=1S/C14H17N3O4/c1-4-21-14(20)12(18)16-5-6-17-10(3)7-9(2)11(8-15)13(17)19/h7H,4-6H2,1-3H3,(H,16,18). The number of nitrogens with zero attached hydrogens (tertiary/aromatic N) is 2. The summed E-state index contributed by atoms with van der Waals surface area (Å²) in [4.78, 5) is 34.6. The number of carbonyl (C=O) groups is 2. The number of aryl methyl sites for hydroxylation is 2. The van der Waals surface area contributed by atoms with Crippen LogP contribution in [0.25, 0.3) is 0 Å². The van der Waals surface area contributed by atoms with Crippen molar-refractivity contribution in [1.82, 2.24) is 9.88 Å². The molecular weight excluding hydrogens is 274 g/mol. The summed E-state index contributed by atoms with van der Waals surface area (Å²) in [6.45, 7) is 5.41. The van der Waals surface area contributed by atoms with E-state index in [2.05, 4.69) is 10.1 Å². The lowest BCUT2D eigenvalue weighted by Gasteiger charge is -2.12. The Kier molecular flexibility index (Phi) is 5.67. The second-order valence-electron chi connectivity index (χ2n) is 4.39. The monoisotopic (exact) mass is 291 g/mol. The molecule has 0 atom stereocenters. The average Bonchev–Trinajstić information content (AvgIpc) is 2.42. The second-order valence-corrected chi connectivity index (χ2v) is 4.39. The van der Waals surface area contributed by atoms with E-state index in [1.54, 1.807) is 26.8 Å². The summed E-state index contributed by atoms with van der Waals surface area (Å²) >= 11 is 0. The van der Waals surface area contributed by atoms with Gasteiger partial charge in [0.2, 0.25) is 0 Å². The normalized spacial score (nSPS) is 9.81. The van der Waals surface area contributed by atoms with Crippen LogP contribution in [0.15, 0.2) is 10.9 Å². The van der Waals surface area contributed by atoms with Gasteiger partial charge in [-0.3, -0.25) is 9.59 Å². The van der Waals surface area contributed by atoms with Crippen molar-refractivity contribution in [3.63, 3.8) is 0 Å². The first-order valence-corrected chi connectivity index (χ1v) is 6.48. The first-order chi connectivity index (χ1) is 9.92. The van der Waals surface area contributed by atoms with Gasteiger partial charge in [0.15, 0.2) is 0 Å². The highest BCUT2D eigenvalue weighted by Crippen LogP contribution is 2.04. The molecule has 0 saturated heterocycles. The van der Waals surface area contributed by atoms with Crippen LogP contribution in [0.3, 0.4) is 0 Å². The van der Waals surface area contributed by atoms with E-state index in [9.17, 15) is 14.4 Å². The molecule has 1 aromatic heterocycles. The fraction of sp³-hybridized carbons (Fsp3) is 0.429. The van der Waals surface area contributed by atoms with Gasteiger partial charge in [0.05, 0.1) is 6.61 Å². The smallest absolute Gasteiger partial charge is 0.396 e. The zero-order valence-electron chi connectivity index (χ0n) is 12.2. The maximum Gasteiger partial charge on any atom is 0.396 e. The van der Waals surface area contributed by atoms with E-state index in [1.165, 1.54) is 4.57 Å². The zero-order valence-corrected chi connectivity index (χ0v) is 12.2. The van der Waals surface area contributed by atoms with Gasteiger partial charge in [-0.15, -0.1) is 0 Å². The van der Waals surface area contributed by atoms with E-state index in [0.29, 0.717) is 11.3 Å². The predicted molar refractivity (Wildman–Crippen MR) is 74.5 cm³/mol. The second kappa shape index (κ2) is 7.24. The quantitative estimate of drug-likeness (QED) is 0.622. The van der Waals surface area contributed by atoms with E-state index in [1.807, 2.05) is 6.07 Å². The maximum absolute atomic E-state index is 12.1. The molecule has 0 aliphatic rings. The molecule has 7 heteroatoms. The Balaban J connectivity index is 2.78. The summed E-state index contributed by atoms with van der Waals surface area (Å²) in [6, 6.07) is 3.60. The maximum atomic E-state index is 12.1. The molecule has 1 rings (SSSR count). The molecule has 0 spiro atoms. The highest BCUT2D eigenvalue weighted by Gasteiger charge is 2.14. The van der Waals surface area contributed by atoms with Crippen LogP contribution < -0.4 is 10.9 Å². The van der Waals surface area contributed by atoms with Gasteiger partial charge in [0.1, 0.15) is 11.6 Å². The Morgan fingerprint density at radius 1 is 1.43 bits per heavy atom. The molecule has 7 nitrogen and oxygen atoms in total. The van der Waals surface area contributed by atoms with Gasteiger partial charge in [-0.05, 0) is 32.4 Å². The molecule has 0 aromatic carbocycles. The summed E-state index contributed by atoms with van der Waals surface area (Å²) in [6.07, 6.45) is 0. The third-order valence-corrected chi connectivity index (χ3v) is 2.90. The van der Waals surface area contributed by atoms with Gasteiger partial charge in [-0.1, -0.05) is 0 Å². The van der Waals surface area contributed by atoms with Crippen LogP contribution in [-0.4, -0.2) is 29.6 Å². The third kappa shape index (κ3) is 3.92. The van der Waals surface area contributed by atoms with Crippen molar-refractivity contribution in [2.24, 2.45) is 0 Å². The molecule has 1 N–H and O–H groups in total. The van der Waals surface area contributed by atoms with Crippen LogP contribution in [0.4, 0.5) is 0 Å². The zero-order chi connectivity index (χ0) is 16.0. The average molecular weight is 291 g/mol. The Bertz CT molecular complexity index is 655. The van der Waals surface area contributed by atoms with Crippen molar-refractivity contribution in [3.05, 3.63) is 33.2 Å². The number of rotatable bonds is 4. The van der Waals surface area contributed by atoms with Crippen molar-refractivity contribution in [3.8, 4) is 6.07 Å². The fourth-order valence-corrected chi connectivity index (χ4v) is 1.89. The predicted octanol–water partition coefficient (Wildman–Crippen LogP) is 0.0161. The van der Waals surface area contributed by atoms with Gasteiger partial charge in [0.25, 0.3) is 5.56 Å². The van der Waals surface area contributed by atoms with Crippen LogP contribution in [0.1, 0.15) is 23.7 Å². The molecule has 1 heterocycles. The molecule has 0 bridgehead atoms. The van der Waals surface area contributed by atoms with Crippen molar-refractivity contribution >= 4 is 11.9 Å². The summed E-state index contributed by atoms with van der Waals surface area (Å²) in [5.41, 5.74) is 0.978. The molecule has 0 aliphatic carbocycles. The number of esters is 1. The number of nitrogens with one attached hydrogen (secondary N) is 1. The van der Waals surface area contributed by atoms with Crippen LogP contribution >= 0.6 is 0 Å². The van der Waals surface area contributed by atoms with Gasteiger partial charge in [-0.25, -0.2) is 4.79 Å².